The summed E-state index contributed by atoms with van der Waals surface area (Å²) >= 11 is 1.91. The molecule has 4 heteroatoms. The molecule has 56 heavy (non-hydrogen) atoms. The molecule has 4 unspecified atom stereocenters. The van der Waals surface area contributed by atoms with Crippen LogP contribution in [0.3, 0.4) is 0 Å². The van der Waals surface area contributed by atoms with E-state index < -0.39 is 0 Å². The number of aromatic nitrogens is 3. The molecule has 2 aromatic heterocycles. The predicted octanol–water partition coefficient (Wildman–Crippen LogP) is 12.7. The van der Waals surface area contributed by atoms with Crippen molar-refractivity contribution >= 4 is 39.1 Å². The first-order valence-electron chi connectivity index (χ1n) is 19.8. The van der Waals surface area contributed by atoms with Crippen LogP contribution < -0.4 is 0 Å². The van der Waals surface area contributed by atoms with Gasteiger partial charge >= 0.3 is 0 Å². The monoisotopic (exact) mass is 733 g/mol. The Kier molecular flexibility index (Phi) is 6.45. The predicted molar refractivity (Wildman–Crippen MR) is 231 cm³/mol. The van der Waals surface area contributed by atoms with Gasteiger partial charge in [0.15, 0.2) is 0 Å². The number of para-hydroxylation sites is 1. The quantitative estimate of drug-likeness (QED) is 0.181. The van der Waals surface area contributed by atoms with Crippen LogP contribution in [0.4, 0.5) is 0 Å². The van der Waals surface area contributed by atoms with Crippen molar-refractivity contribution < 1.29 is 0 Å². The lowest BCUT2D eigenvalue weighted by molar-refractivity contribution is 0.673. The Morgan fingerprint density at radius 3 is 2.38 bits per heavy atom. The van der Waals surface area contributed by atoms with E-state index in [-0.39, 0.29) is 5.92 Å². The van der Waals surface area contributed by atoms with Crippen LogP contribution in [0.25, 0.3) is 66.8 Å². The number of benzene rings is 5. The third-order valence-corrected chi connectivity index (χ3v) is 14.4. The molecule has 4 atom stereocenters. The molecule has 1 aliphatic heterocycles. The molecule has 0 amide bonds. The first-order valence-corrected chi connectivity index (χ1v) is 20.7. The van der Waals surface area contributed by atoms with E-state index in [0.717, 1.165) is 41.3 Å². The summed E-state index contributed by atoms with van der Waals surface area (Å²) in [6.07, 6.45) is 22.8. The van der Waals surface area contributed by atoms with Gasteiger partial charge in [-0.25, -0.2) is 9.97 Å². The van der Waals surface area contributed by atoms with Gasteiger partial charge in [0.2, 0.25) is 5.95 Å². The van der Waals surface area contributed by atoms with Crippen LogP contribution in [0.5, 0.6) is 0 Å². The minimum atomic E-state index is 0.195. The Hall–Kier alpha value is -6.23. The number of thioether (sulfide) groups is 1. The molecule has 5 aliphatic carbocycles. The van der Waals surface area contributed by atoms with Crippen LogP contribution in [-0.4, -0.2) is 19.8 Å². The lowest BCUT2D eigenvalue weighted by atomic mass is 9.74. The van der Waals surface area contributed by atoms with E-state index in [0.29, 0.717) is 17.1 Å². The Bertz CT molecular complexity index is 3060. The third kappa shape index (κ3) is 4.31. The van der Waals surface area contributed by atoms with Gasteiger partial charge < -0.3 is 0 Å². The van der Waals surface area contributed by atoms with Gasteiger partial charge in [0.05, 0.1) is 27.3 Å². The first-order chi connectivity index (χ1) is 27.8. The second-order valence-corrected chi connectivity index (χ2v) is 17.1. The Morgan fingerprint density at radius 2 is 1.45 bits per heavy atom. The van der Waals surface area contributed by atoms with Crippen molar-refractivity contribution in [2.45, 2.75) is 34.8 Å². The standard InChI is InChI=1S/C52H35N3S/c1-2-12-30(13-3-1)31-22-24-32(25-23-31)48-51-49(38-19-9-11-21-45(38)56-51)54-52(53-48)55-44-20-10-8-18-37(44)43-29-42-40-27-34-15-5-4-14-33(34)26-39(40)41-28-35-16-6-7-17-36(35)47(46(41)42)50(43)55/h1-25,27,29,33,38,41,45H,26,28H2. The molecule has 3 heterocycles. The van der Waals surface area contributed by atoms with Gasteiger partial charge in [-0.15, -0.1) is 11.8 Å². The molecule has 0 saturated heterocycles. The van der Waals surface area contributed by atoms with Crippen molar-refractivity contribution in [1.29, 1.82) is 0 Å². The molecule has 13 rings (SSSR count). The average molecular weight is 734 g/mol. The lowest BCUT2D eigenvalue weighted by Crippen LogP contribution is -2.16. The summed E-state index contributed by atoms with van der Waals surface area (Å²) in [5.74, 6) is 1.74. The second-order valence-electron chi connectivity index (χ2n) is 15.9. The van der Waals surface area contributed by atoms with E-state index in [9.17, 15) is 0 Å². The summed E-state index contributed by atoms with van der Waals surface area (Å²) in [5.41, 5.74) is 19.5. The highest BCUT2D eigenvalue weighted by molar-refractivity contribution is 8.00. The molecule has 0 spiro atoms. The Labute approximate surface area is 329 Å². The zero-order chi connectivity index (χ0) is 36.5. The highest BCUT2D eigenvalue weighted by atomic mass is 32.2. The fraction of sp³-hybridized carbons (Fsp3) is 0.115. The van der Waals surface area contributed by atoms with Gasteiger partial charge in [-0.3, -0.25) is 4.57 Å². The average Bonchev–Trinajstić information content (AvgIpc) is 3.91. The molecule has 0 N–H and O–H groups in total. The smallest absolute Gasteiger partial charge is 0.235 e. The molecular formula is C52H35N3S. The number of hydrogen-bond acceptors (Lipinski definition) is 3. The van der Waals surface area contributed by atoms with Crippen LogP contribution in [0, 0.1) is 5.92 Å². The van der Waals surface area contributed by atoms with Crippen molar-refractivity contribution in [3.05, 3.63) is 197 Å². The lowest BCUT2D eigenvalue weighted by Gasteiger charge is -2.30. The molecule has 0 bridgehead atoms. The van der Waals surface area contributed by atoms with Gasteiger partial charge in [0, 0.05) is 44.9 Å². The molecule has 5 aromatic carbocycles. The van der Waals surface area contributed by atoms with E-state index in [4.69, 9.17) is 9.97 Å². The molecule has 0 radical (unpaired) electrons. The maximum absolute atomic E-state index is 5.65. The van der Waals surface area contributed by atoms with Crippen molar-refractivity contribution in [3.63, 3.8) is 0 Å². The second kappa shape index (κ2) is 11.6. The molecule has 0 fully saturated rings. The maximum atomic E-state index is 5.65. The van der Waals surface area contributed by atoms with E-state index in [2.05, 4.69) is 168 Å². The highest BCUT2D eigenvalue weighted by Gasteiger charge is 2.42. The van der Waals surface area contributed by atoms with Crippen LogP contribution >= 0.6 is 11.8 Å². The molecule has 264 valence electrons. The molecule has 6 aliphatic rings. The van der Waals surface area contributed by atoms with Crippen molar-refractivity contribution in [2.24, 2.45) is 5.92 Å². The van der Waals surface area contributed by atoms with Crippen molar-refractivity contribution in [2.75, 3.05) is 0 Å². The summed E-state index contributed by atoms with van der Waals surface area (Å²) in [7, 11) is 0. The van der Waals surface area contributed by atoms with Crippen LogP contribution in [0.2, 0.25) is 0 Å². The summed E-state index contributed by atoms with van der Waals surface area (Å²) in [6, 6.07) is 40.2. The SMILES string of the molecule is C1=CC2=CC3=C(CC2C=C1)C1Cc2ccccc2-c2c1c3cc1c3ccccc3n(-c3nc(-c4ccc(-c5ccccc5)cc4)c4c(n3)C3C=CC=CC3S4)c21. The van der Waals surface area contributed by atoms with Gasteiger partial charge in [0.25, 0.3) is 0 Å². The van der Waals surface area contributed by atoms with E-state index in [1.54, 1.807) is 5.57 Å². The molecular weight excluding hydrogens is 699 g/mol. The number of rotatable bonds is 3. The van der Waals surface area contributed by atoms with Gasteiger partial charge in [0.1, 0.15) is 0 Å². The summed E-state index contributed by atoms with van der Waals surface area (Å²) in [5, 5.41) is 2.81. The molecule has 7 aromatic rings. The zero-order valence-electron chi connectivity index (χ0n) is 30.6. The zero-order valence-corrected chi connectivity index (χ0v) is 31.4. The summed E-state index contributed by atoms with van der Waals surface area (Å²) in [6.45, 7) is 0. The van der Waals surface area contributed by atoms with E-state index in [1.807, 2.05) is 11.8 Å². The van der Waals surface area contributed by atoms with Crippen LogP contribution in [0.15, 0.2) is 180 Å². The number of nitrogens with zero attached hydrogens (tertiary/aromatic N) is 3. The van der Waals surface area contributed by atoms with Gasteiger partial charge in [-0.1, -0.05) is 157 Å². The third-order valence-electron chi connectivity index (χ3n) is 13.0. The van der Waals surface area contributed by atoms with Crippen LogP contribution in [0.1, 0.15) is 40.6 Å². The largest absolute Gasteiger partial charge is 0.277 e. The summed E-state index contributed by atoms with van der Waals surface area (Å²) < 4.78 is 2.42. The topological polar surface area (TPSA) is 30.7 Å². The van der Waals surface area contributed by atoms with E-state index in [1.165, 1.54) is 71.3 Å². The van der Waals surface area contributed by atoms with Gasteiger partial charge in [-0.05, 0) is 69.5 Å². The first kappa shape index (κ1) is 31.0. The fourth-order valence-corrected chi connectivity index (χ4v) is 11.9. The molecule has 0 saturated carbocycles. The van der Waals surface area contributed by atoms with Crippen molar-refractivity contribution in [1.82, 2.24) is 14.5 Å². The number of hydrogen-bond donors (Lipinski definition) is 0. The Balaban J connectivity index is 1.10. The minimum absolute atomic E-state index is 0.195. The molecule has 3 nitrogen and oxygen atoms in total. The Morgan fingerprint density at radius 1 is 0.661 bits per heavy atom. The van der Waals surface area contributed by atoms with E-state index >= 15 is 0 Å². The highest BCUT2D eigenvalue weighted by Crippen LogP contribution is 2.59. The summed E-state index contributed by atoms with van der Waals surface area (Å²) in [4.78, 5) is 12.5. The minimum Gasteiger partial charge on any atom is -0.277 e. The fourth-order valence-electron chi connectivity index (χ4n) is 10.5. The number of fused-ring (bicyclic) bond motifs is 12. The number of allylic oxidation sites excluding steroid dienone is 11. The maximum Gasteiger partial charge on any atom is 0.235 e. The normalized spacial score (nSPS) is 21.8. The van der Waals surface area contributed by atoms with Gasteiger partial charge in [-0.2, -0.15) is 0 Å². The van der Waals surface area contributed by atoms with Crippen LogP contribution in [-0.2, 0) is 6.42 Å². The van der Waals surface area contributed by atoms with Crippen molar-refractivity contribution in [3.8, 4) is 39.5 Å².